The summed E-state index contributed by atoms with van der Waals surface area (Å²) in [5, 5.41) is 6.23. The number of carbonyl (C=O) groups excluding carboxylic acids is 2. The molecule has 0 radical (unpaired) electrons. The summed E-state index contributed by atoms with van der Waals surface area (Å²) in [5.74, 6) is 3.54. The molecule has 0 saturated heterocycles. The zero-order valence-electron chi connectivity index (χ0n) is 21.0. The van der Waals surface area contributed by atoms with E-state index >= 15 is 0 Å². The van der Waals surface area contributed by atoms with Crippen molar-refractivity contribution in [3.63, 3.8) is 0 Å². The van der Waals surface area contributed by atoms with E-state index in [-0.39, 0.29) is 11.4 Å². The first-order valence-corrected chi connectivity index (χ1v) is 13.7. The van der Waals surface area contributed by atoms with Gasteiger partial charge in [-0.2, -0.15) is 0 Å². The van der Waals surface area contributed by atoms with E-state index in [9.17, 15) is 9.59 Å². The maximum atomic E-state index is 13.2. The normalized spacial score (nSPS) is 32.9. The van der Waals surface area contributed by atoms with Crippen LogP contribution in [0, 0.1) is 23.2 Å². The number of carbonyl (C=O) groups is 2. The lowest BCUT2D eigenvalue weighted by atomic mass is 9.54. The molecule has 0 aromatic heterocycles. The third kappa shape index (κ3) is 4.47. The molecule has 2 N–H and O–H groups in total. The van der Waals surface area contributed by atoms with E-state index in [2.05, 4.69) is 35.8 Å². The molecule has 186 valence electrons. The van der Waals surface area contributed by atoms with Gasteiger partial charge in [0.25, 0.3) is 0 Å². The largest absolute Gasteiger partial charge is 0.497 e. The Morgan fingerprint density at radius 2 is 1.97 bits per heavy atom. The van der Waals surface area contributed by atoms with Crippen molar-refractivity contribution in [2.75, 3.05) is 13.7 Å². The lowest BCUT2D eigenvalue weighted by molar-refractivity contribution is -0.129. The number of Topliss-reactive ketones (excluding diaryl/α,β-unsaturated/α-hetero) is 1. The summed E-state index contributed by atoms with van der Waals surface area (Å²) < 4.78 is 5.47. The molecule has 5 atom stereocenters. The van der Waals surface area contributed by atoms with Crippen LogP contribution in [0.2, 0.25) is 0 Å². The molecule has 5 rings (SSSR count). The summed E-state index contributed by atoms with van der Waals surface area (Å²) in [5.41, 5.74) is 2.79. The molecule has 4 aliphatic rings. The van der Waals surface area contributed by atoms with Crippen molar-refractivity contribution in [2.24, 2.45) is 23.2 Å². The van der Waals surface area contributed by atoms with E-state index < -0.39 is 0 Å². The van der Waals surface area contributed by atoms with Gasteiger partial charge in [0, 0.05) is 24.4 Å². The van der Waals surface area contributed by atoms with Crippen LogP contribution in [0.3, 0.4) is 0 Å². The Kier molecular flexibility index (Phi) is 6.90. The van der Waals surface area contributed by atoms with Crippen LogP contribution in [0.1, 0.15) is 94.6 Å². The van der Waals surface area contributed by atoms with Gasteiger partial charge in [0.05, 0.1) is 7.11 Å². The lowest BCUT2D eigenvalue weighted by Crippen LogP contribution is -2.44. The number of hydrogen-bond donors (Lipinski definition) is 2. The van der Waals surface area contributed by atoms with E-state index in [1.54, 1.807) is 7.11 Å². The van der Waals surface area contributed by atoms with Crippen LogP contribution in [0.15, 0.2) is 18.2 Å². The van der Waals surface area contributed by atoms with Gasteiger partial charge in [0.2, 0.25) is 0 Å². The lowest BCUT2D eigenvalue weighted by Gasteiger charge is -2.50. The van der Waals surface area contributed by atoms with E-state index in [4.69, 9.17) is 4.74 Å². The number of benzene rings is 1. The number of aryl methyl sites for hydroxylation is 1. The number of nitrogens with one attached hydrogen (secondary N) is 2. The topological polar surface area (TPSA) is 67.4 Å². The monoisotopic (exact) mass is 466 g/mol. The number of fused-ring (bicyclic) bond motifs is 5. The Morgan fingerprint density at radius 1 is 1.15 bits per heavy atom. The Balaban J connectivity index is 1.20. The first-order chi connectivity index (χ1) is 16.5. The third-order valence-electron chi connectivity index (χ3n) is 9.76. The molecule has 5 nitrogen and oxygen atoms in total. The molecule has 4 aliphatic carbocycles. The molecule has 34 heavy (non-hydrogen) atoms. The second-order valence-electron chi connectivity index (χ2n) is 11.6. The minimum absolute atomic E-state index is 0.0173. The molecule has 3 saturated carbocycles. The minimum atomic E-state index is -0.151. The summed E-state index contributed by atoms with van der Waals surface area (Å²) in [7, 11) is 1.74. The van der Waals surface area contributed by atoms with Crippen LogP contribution in [0.25, 0.3) is 0 Å². The van der Waals surface area contributed by atoms with Gasteiger partial charge in [-0.3, -0.25) is 4.79 Å². The molecule has 5 heteroatoms. The minimum Gasteiger partial charge on any atom is -0.497 e. The fourth-order valence-electron chi connectivity index (χ4n) is 8.06. The number of ether oxygens (including phenoxy) is 1. The zero-order valence-corrected chi connectivity index (χ0v) is 21.0. The first-order valence-electron chi connectivity index (χ1n) is 13.7. The fraction of sp³-hybridized carbons (Fsp3) is 0.724. The fourth-order valence-corrected chi connectivity index (χ4v) is 8.06. The summed E-state index contributed by atoms with van der Waals surface area (Å²) in [6.45, 7) is 2.96. The molecule has 1 aromatic rings. The van der Waals surface area contributed by atoms with Crippen LogP contribution in [-0.4, -0.2) is 31.5 Å². The Labute approximate surface area is 204 Å². The van der Waals surface area contributed by atoms with Crippen LogP contribution < -0.4 is 15.4 Å². The first kappa shape index (κ1) is 23.7. The predicted octanol–water partition coefficient (Wildman–Crippen LogP) is 5.76. The van der Waals surface area contributed by atoms with Gasteiger partial charge in [-0.05, 0) is 98.3 Å². The van der Waals surface area contributed by atoms with Crippen molar-refractivity contribution in [3.05, 3.63) is 29.3 Å². The van der Waals surface area contributed by atoms with Crippen LogP contribution in [-0.2, 0) is 11.2 Å². The molecular weight excluding hydrogens is 424 g/mol. The molecule has 0 bridgehead atoms. The van der Waals surface area contributed by atoms with Crippen molar-refractivity contribution in [1.82, 2.24) is 10.6 Å². The second-order valence-corrected chi connectivity index (χ2v) is 11.6. The maximum Gasteiger partial charge on any atom is 0.315 e. The average molecular weight is 467 g/mol. The molecule has 0 aliphatic heterocycles. The molecular formula is C29H42N2O3. The summed E-state index contributed by atoms with van der Waals surface area (Å²) >= 11 is 0. The quantitative estimate of drug-likeness (QED) is 0.524. The zero-order chi connectivity index (χ0) is 23.7. The molecule has 3 unspecified atom stereocenters. The van der Waals surface area contributed by atoms with E-state index in [1.165, 1.54) is 36.8 Å². The molecule has 2 amide bonds. The number of urea groups is 1. The Hall–Kier alpha value is -2.04. The molecule has 3 fully saturated rings. The van der Waals surface area contributed by atoms with Gasteiger partial charge in [-0.25, -0.2) is 4.79 Å². The highest BCUT2D eigenvalue weighted by Crippen LogP contribution is 2.62. The SMILES string of the molecule is COc1ccc2c(c1)CCC1C2CC[C@]2(C)C(=O)C[C@@H](CCCNC(=O)NC3CCCCC3)C12. The maximum absolute atomic E-state index is 13.2. The average Bonchev–Trinajstić information content (AvgIpc) is 3.11. The van der Waals surface area contributed by atoms with Crippen molar-refractivity contribution in [3.8, 4) is 5.75 Å². The van der Waals surface area contributed by atoms with Gasteiger partial charge in [0.15, 0.2) is 0 Å². The van der Waals surface area contributed by atoms with Crippen molar-refractivity contribution >= 4 is 11.8 Å². The third-order valence-corrected chi connectivity index (χ3v) is 9.76. The van der Waals surface area contributed by atoms with Gasteiger partial charge < -0.3 is 15.4 Å². The highest BCUT2D eigenvalue weighted by molar-refractivity contribution is 5.87. The van der Waals surface area contributed by atoms with Gasteiger partial charge in [0.1, 0.15) is 11.5 Å². The van der Waals surface area contributed by atoms with Crippen molar-refractivity contribution in [1.29, 1.82) is 0 Å². The Bertz CT molecular complexity index is 909. The molecule has 0 heterocycles. The summed E-state index contributed by atoms with van der Waals surface area (Å²) in [4.78, 5) is 25.5. The number of amides is 2. The summed E-state index contributed by atoms with van der Waals surface area (Å²) in [6, 6.07) is 6.94. The second kappa shape index (κ2) is 9.91. The highest BCUT2D eigenvalue weighted by Gasteiger charge is 2.58. The van der Waals surface area contributed by atoms with Crippen molar-refractivity contribution < 1.29 is 14.3 Å². The predicted molar refractivity (Wildman–Crippen MR) is 134 cm³/mol. The van der Waals surface area contributed by atoms with Crippen molar-refractivity contribution in [2.45, 2.75) is 95.9 Å². The number of methoxy groups -OCH3 is 1. The van der Waals surface area contributed by atoms with Crippen LogP contribution in [0.4, 0.5) is 4.79 Å². The molecule has 1 aromatic carbocycles. The van der Waals surface area contributed by atoms with Gasteiger partial charge in [-0.1, -0.05) is 32.3 Å². The van der Waals surface area contributed by atoms with E-state index in [1.807, 2.05) is 0 Å². The number of rotatable bonds is 6. The van der Waals surface area contributed by atoms with Crippen LogP contribution >= 0.6 is 0 Å². The Morgan fingerprint density at radius 3 is 2.76 bits per heavy atom. The standard InChI is InChI=1S/C29H42N2O3/c1-29-15-14-24-23-13-11-22(34-2)17-19(23)10-12-25(24)27(29)20(18-26(29)32)7-6-16-30-28(33)31-21-8-4-3-5-9-21/h11,13,17,20-21,24-25,27H,3-10,12,14-16,18H2,1-2H3,(H2,30,31,33)/t20-,24?,25?,27?,29-/m1/s1. The number of ketones is 1. The van der Waals surface area contributed by atoms with Gasteiger partial charge in [-0.15, -0.1) is 0 Å². The van der Waals surface area contributed by atoms with Crippen LogP contribution in [0.5, 0.6) is 5.75 Å². The smallest absolute Gasteiger partial charge is 0.315 e. The summed E-state index contributed by atoms with van der Waals surface area (Å²) in [6.07, 6.45) is 13.1. The molecule has 0 spiro atoms. The van der Waals surface area contributed by atoms with E-state index in [0.717, 1.165) is 57.1 Å². The number of hydrogen-bond acceptors (Lipinski definition) is 3. The van der Waals surface area contributed by atoms with Gasteiger partial charge >= 0.3 is 6.03 Å². The van der Waals surface area contributed by atoms with E-state index in [0.29, 0.717) is 42.0 Å². The highest BCUT2D eigenvalue weighted by atomic mass is 16.5.